The smallest absolute Gasteiger partial charge is 0.110 e. The molecule has 2 aromatic rings. The molecule has 0 aromatic carbocycles. The first-order chi connectivity index (χ1) is 11.2. The molecular weight excluding hydrogens is 290 g/mol. The lowest BCUT2D eigenvalue weighted by Gasteiger charge is -2.32. The van der Waals surface area contributed by atoms with Gasteiger partial charge in [-0.3, -0.25) is 9.97 Å². The molecule has 6 nitrogen and oxygen atoms in total. The summed E-state index contributed by atoms with van der Waals surface area (Å²) in [5.74, 6) is 1.40. The van der Waals surface area contributed by atoms with Crippen molar-refractivity contribution in [2.45, 2.75) is 25.7 Å². The van der Waals surface area contributed by atoms with Crippen molar-refractivity contribution < 1.29 is 4.74 Å². The van der Waals surface area contributed by atoms with Crippen LogP contribution in [0.5, 0.6) is 0 Å². The quantitative estimate of drug-likeness (QED) is 0.845. The van der Waals surface area contributed by atoms with E-state index in [9.17, 15) is 0 Å². The Kier molecular flexibility index (Phi) is 5.03. The number of likely N-dealkylation sites (tertiary alicyclic amines) is 1. The Bertz CT molecular complexity index is 654. The van der Waals surface area contributed by atoms with Crippen LogP contribution in [-0.2, 0) is 11.8 Å². The molecule has 23 heavy (non-hydrogen) atoms. The summed E-state index contributed by atoms with van der Waals surface area (Å²) in [7, 11) is 3.79. The molecule has 1 atom stereocenters. The van der Waals surface area contributed by atoms with Gasteiger partial charge in [0.1, 0.15) is 11.5 Å². The molecule has 6 heteroatoms. The summed E-state index contributed by atoms with van der Waals surface area (Å²) >= 11 is 0. The summed E-state index contributed by atoms with van der Waals surface area (Å²) < 4.78 is 7.30. The first-order valence-electron chi connectivity index (χ1n) is 8.21. The molecule has 124 valence electrons. The van der Waals surface area contributed by atoms with E-state index in [1.165, 1.54) is 6.42 Å². The molecule has 1 aliphatic rings. The summed E-state index contributed by atoms with van der Waals surface area (Å²) in [4.78, 5) is 16.2. The highest BCUT2D eigenvalue weighted by molar-refractivity contribution is 5.58. The molecule has 0 amide bonds. The number of nitrogens with zero attached hydrogens (tertiary/aromatic N) is 5. The zero-order chi connectivity index (χ0) is 16.2. The number of rotatable bonds is 5. The lowest BCUT2D eigenvalue weighted by Crippen LogP contribution is -2.37. The van der Waals surface area contributed by atoms with E-state index in [4.69, 9.17) is 4.74 Å². The van der Waals surface area contributed by atoms with Gasteiger partial charge in [-0.05, 0) is 26.3 Å². The van der Waals surface area contributed by atoms with Gasteiger partial charge in [-0.1, -0.05) is 0 Å². The van der Waals surface area contributed by atoms with E-state index in [1.807, 2.05) is 20.2 Å². The van der Waals surface area contributed by atoms with Crippen molar-refractivity contribution in [3.63, 3.8) is 0 Å². The van der Waals surface area contributed by atoms with Crippen molar-refractivity contribution in [1.82, 2.24) is 24.4 Å². The summed E-state index contributed by atoms with van der Waals surface area (Å²) in [5.41, 5.74) is 3.10. The van der Waals surface area contributed by atoms with Crippen LogP contribution in [0.15, 0.2) is 18.6 Å². The molecule has 1 unspecified atom stereocenters. The molecule has 0 spiro atoms. The third kappa shape index (κ3) is 3.43. The van der Waals surface area contributed by atoms with Crippen molar-refractivity contribution >= 4 is 0 Å². The summed E-state index contributed by atoms with van der Waals surface area (Å²) in [6.45, 7) is 5.92. The first-order valence-corrected chi connectivity index (χ1v) is 8.21. The maximum Gasteiger partial charge on any atom is 0.110 e. The van der Waals surface area contributed by atoms with E-state index in [1.54, 1.807) is 19.5 Å². The van der Waals surface area contributed by atoms with Crippen LogP contribution in [0.4, 0.5) is 0 Å². The number of methoxy groups -OCH3 is 1. The minimum atomic E-state index is 0.416. The lowest BCUT2D eigenvalue weighted by molar-refractivity contribution is 0.127. The van der Waals surface area contributed by atoms with E-state index in [0.717, 1.165) is 55.6 Å². The van der Waals surface area contributed by atoms with Gasteiger partial charge in [0.25, 0.3) is 0 Å². The number of piperidine rings is 1. The average molecular weight is 315 g/mol. The Morgan fingerprint density at radius 2 is 2.09 bits per heavy atom. The van der Waals surface area contributed by atoms with E-state index in [2.05, 4.69) is 24.4 Å². The lowest BCUT2D eigenvalue weighted by atomic mass is 9.92. The summed E-state index contributed by atoms with van der Waals surface area (Å²) in [6, 6.07) is 0. The number of aromatic nitrogens is 4. The van der Waals surface area contributed by atoms with Crippen LogP contribution in [-0.4, -0.2) is 57.8 Å². The fourth-order valence-corrected chi connectivity index (χ4v) is 3.27. The van der Waals surface area contributed by atoms with Gasteiger partial charge in [0.05, 0.1) is 24.2 Å². The molecule has 3 rings (SSSR count). The number of hydrogen-bond donors (Lipinski definition) is 0. The SMILES string of the molecule is COCCN1CCCC(c2nccnc2-c2cnc(C)n2C)C1. The van der Waals surface area contributed by atoms with Gasteiger partial charge in [-0.25, -0.2) is 4.98 Å². The molecule has 1 saturated heterocycles. The molecule has 1 fully saturated rings. The summed E-state index contributed by atoms with van der Waals surface area (Å²) in [6.07, 6.45) is 7.82. The van der Waals surface area contributed by atoms with Gasteiger partial charge in [-0.2, -0.15) is 0 Å². The van der Waals surface area contributed by atoms with Gasteiger partial charge in [0, 0.05) is 45.6 Å². The fraction of sp³-hybridized carbons (Fsp3) is 0.588. The molecule has 0 aliphatic carbocycles. The van der Waals surface area contributed by atoms with Crippen LogP contribution >= 0.6 is 0 Å². The van der Waals surface area contributed by atoms with E-state index in [0.29, 0.717) is 5.92 Å². The summed E-state index contributed by atoms with van der Waals surface area (Å²) in [5, 5.41) is 0. The highest BCUT2D eigenvalue weighted by Crippen LogP contribution is 2.31. The number of aryl methyl sites for hydroxylation is 1. The van der Waals surface area contributed by atoms with Crippen molar-refractivity contribution in [2.75, 3.05) is 33.4 Å². The monoisotopic (exact) mass is 315 g/mol. The number of imidazole rings is 1. The normalized spacial score (nSPS) is 19.2. The number of hydrogen-bond acceptors (Lipinski definition) is 5. The second-order valence-corrected chi connectivity index (χ2v) is 6.17. The molecule has 0 radical (unpaired) electrons. The van der Waals surface area contributed by atoms with Crippen molar-refractivity contribution in [3.05, 3.63) is 30.1 Å². The Morgan fingerprint density at radius 3 is 2.83 bits per heavy atom. The molecule has 3 heterocycles. The Balaban J connectivity index is 1.87. The zero-order valence-electron chi connectivity index (χ0n) is 14.2. The van der Waals surface area contributed by atoms with Gasteiger partial charge < -0.3 is 14.2 Å². The van der Waals surface area contributed by atoms with Crippen LogP contribution < -0.4 is 0 Å². The van der Waals surface area contributed by atoms with E-state index >= 15 is 0 Å². The van der Waals surface area contributed by atoms with Crippen LogP contribution in [0.1, 0.15) is 30.3 Å². The highest BCUT2D eigenvalue weighted by Gasteiger charge is 2.26. The largest absolute Gasteiger partial charge is 0.383 e. The van der Waals surface area contributed by atoms with Gasteiger partial charge in [-0.15, -0.1) is 0 Å². The van der Waals surface area contributed by atoms with Crippen LogP contribution in [0.2, 0.25) is 0 Å². The van der Waals surface area contributed by atoms with E-state index in [-0.39, 0.29) is 0 Å². The third-order valence-electron chi connectivity index (χ3n) is 4.69. The minimum Gasteiger partial charge on any atom is -0.383 e. The van der Waals surface area contributed by atoms with Crippen molar-refractivity contribution in [3.8, 4) is 11.4 Å². The molecule has 0 bridgehead atoms. The van der Waals surface area contributed by atoms with Crippen LogP contribution in [0, 0.1) is 6.92 Å². The van der Waals surface area contributed by atoms with Gasteiger partial charge in [0.15, 0.2) is 0 Å². The van der Waals surface area contributed by atoms with Crippen LogP contribution in [0.3, 0.4) is 0 Å². The molecule has 0 N–H and O–H groups in total. The molecule has 2 aromatic heterocycles. The standard InChI is InChI=1S/C17H25N5O/c1-13-20-11-15(21(13)2)17-16(18-6-7-19-17)14-5-4-8-22(12-14)9-10-23-3/h6-7,11,14H,4-5,8-10,12H2,1-3H3. The zero-order valence-corrected chi connectivity index (χ0v) is 14.2. The van der Waals surface area contributed by atoms with Gasteiger partial charge in [0.2, 0.25) is 0 Å². The molecule has 1 aliphatic heterocycles. The fourth-order valence-electron chi connectivity index (χ4n) is 3.27. The maximum atomic E-state index is 5.22. The minimum absolute atomic E-state index is 0.416. The second kappa shape index (κ2) is 7.19. The van der Waals surface area contributed by atoms with Crippen molar-refractivity contribution in [1.29, 1.82) is 0 Å². The topological polar surface area (TPSA) is 56.1 Å². The maximum absolute atomic E-state index is 5.22. The predicted molar refractivity (Wildman–Crippen MR) is 89.3 cm³/mol. The molecular formula is C17H25N5O. The predicted octanol–water partition coefficient (Wildman–Crippen LogP) is 2.01. The first kappa shape index (κ1) is 16.1. The second-order valence-electron chi connectivity index (χ2n) is 6.17. The average Bonchev–Trinajstić information content (AvgIpc) is 2.92. The Hall–Kier alpha value is -1.79. The Morgan fingerprint density at radius 1 is 1.26 bits per heavy atom. The van der Waals surface area contributed by atoms with E-state index < -0.39 is 0 Å². The van der Waals surface area contributed by atoms with Crippen molar-refractivity contribution in [2.24, 2.45) is 7.05 Å². The highest BCUT2D eigenvalue weighted by atomic mass is 16.5. The molecule has 0 saturated carbocycles. The van der Waals surface area contributed by atoms with Gasteiger partial charge >= 0.3 is 0 Å². The number of ether oxygens (including phenoxy) is 1. The van der Waals surface area contributed by atoms with Crippen LogP contribution in [0.25, 0.3) is 11.4 Å². The third-order valence-corrected chi connectivity index (χ3v) is 4.69. The Labute approximate surface area is 137 Å².